The number of nitrogens with two attached hydrogens (primary N) is 1. The Balaban J connectivity index is 1.70. The van der Waals surface area contributed by atoms with Crippen LogP contribution < -0.4 is 11.1 Å². The summed E-state index contributed by atoms with van der Waals surface area (Å²) in [6.07, 6.45) is 4.04. The first-order valence-corrected chi connectivity index (χ1v) is 6.91. The standard InChI is InChI=1S/C14H22N4O/c1-13(2,3)11-4-5-18(17-11)8-14-7-9(14)6-10(16-14)12(15)19/h4-5,9-10,16H,6-8H2,1-3H3,(H2,15,19). The SMILES string of the molecule is CC(C)(C)c1ccn(CC23CC2CC(C(N)=O)N3)n1. The van der Waals surface area contributed by atoms with Crippen LogP contribution in [-0.2, 0) is 16.8 Å². The van der Waals surface area contributed by atoms with Gasteiger partial charge in [-0.3, -0.25) is 14.8 Å². The van der Waals surface area contributed by atoms with E-state index in [1.807, 2.05) is 10.9 Å². The summed E-state index contributed by atoms with van der Waals surface area (Å²) < 4.78 is 2.00. The minimum absolute atomic E-state index is 0.0564. The molecule has 0 radical (unpaired) electrons. The highest BCUT2D eigenvalue weighted by Gasteiger charge is 2.61. The molecule has 0 aromatic carbocycles. The van der Waals surface area contributed by atoms with E-state index in [-0.39, 0.29) is 22.9 Å². The van der Waals surface area contributed by atoms with E-state index in [2.05, 4.69) is 37.3 Å². The molecule has 3 N–H and O–H groups in total. The first-order chi connectivity index (χ1) is 8.80. The summed E-state index contributed by atoms with van der Waals surface area (Å²) in [5.74, 6) is 0.342. The lowest BCUT2D eigenvalue weighted by molar-refractivity contribution is -0.120. The Kier molecular flexibility index (Phi) is 2.55. The van der Waals surface area contributed by atoms with Crippen LogP contribution in [0.5, 0.6) is 0 Å². The van der Waals surface area contributed by atoms with Crippen LogP contribution in [0.1, 0.15) is 39.3 Å². The van der Waals surface area contributed by atoms with Crippen molar-refractivity contribution in [2.24, 2.45) is 11.7 Å². The Bertz CT molecular complexity index is 516. The van der Waals surface area contributed by atoms with Crippen LogP contribution >= 0.6 is 0 Å². The zero-order chi connectivity index (χ0) is 13.8. The zero-order valence-electron chi connectivity index (χ0n) is 11.8. The Morgan fingerprint density at radius 2 is 2.37 bits per heavy atom. The summed E-state index contributed by atoms with van der Waals surface area (Å²) in [6, 6.07) is 1.92. The molecule has 3 unspecified atom stereocenters. The topological polar surface area (TPSA) is 72.9 Å². The van der Waals surface area contributed by atoms with Gasteiger partial charge in [-0.15, -0.1) is 0 Å². The summed E-state index contributed by atoms with van der Waals surface area (Å²) in [5, 5.41) is 8.05. The fourth-order valence-corrected chi connectivity index (χ4v) is 3.12. The third kappa shape index (κ3) is 2.16. The maximum Gasteiger partial charge on any atom is 0.234 e. The molecule has 1 aromatic heterocycles. The highest BCUT2D eigenvalue weighted by Crippen LogP contribution is 2.52. The van der Waals surface area contributed by atoms with Crippen molar-refractivity contribution < 1.29 is 4.79 Å². The monoisotopic (exact) mass is 262 g/mol. The smallest absolute Gasteiger partial charge is 0.234 e. The molecule has 3 atom stereocenters. The lowest BCUT2D eigenvalue weighted by Crippen LogP contribution is -2.45. The van der Waals surface area contributed by atoms with Gasteiger partial charge < -0.3 is 5.73 Å². The van der Waals surface area contributed by atoms with Crippen LogP contribution in [0.3, 0.4) is 0 Å². The second kappa shape index (κ2) is 3.82. The summed E-state index contributed by atoms with van der Waals surface area (Å²) >= 11 is 0. The van der Waals surface area contributed by atoms with Gasteiger partial charge in [-0.25, -0.2) is 0 Å². The molecule has 2 heterocycles. The molecule has 3 rings (SSSR count). The van der Waals surface area contributed by atoms with E-state index in [0.717, 1.165) is 25.1 Å². The Morgan fingerprint density at radius 3 is 2.89 bits per heavy atom. The van der Waals surface area contributed by atoms with Crippen LogP contribution in [0.4, 0.5) is 0 Å². The number of fused-ring (bicyclic) bond motifs is 1. The molecular formula is C14H22N4O. The molecule has 104 valence electrons. The average Bonchev–Trinajstić information content (AvgIpc) is 2.69. The van der Waals surface area contributed by atoms with Crippen LogP contribution in [-0.4, -0.2) is 27.3 Å². The highest BCUT2D eigenvalue weighted by molar-refractivity contribution is 5.80. The first kappa shape index (κ1) is 12.7. The van der Waals surface area contributed by atoms with Gasteiger partial charge in [0.05, 0.1) is 18.3 Å². The van der Waals surface area contributed by atoms with Crippen molar-refractivity contribution >= 4 is 5.91 Å². The molecular weight excluding hydrogens is 240 g/mol. The fraction of sp³-hybridized carbons (Fsp3) is 0.714. The fourth-order valence-electron chi connectivity index (χ4n) is 3.12. The number of carbonyl (C=O) groups excluding carboxylic acids is 1. The number of primary amides is 1. The van der Waals surface area contributed by atoms with Gasteiger partial charge in [0.25, 0.3) is 0 Å². The van der Waals surface area contributed by atoms with Crippen LogP contribution in [0.15, 0.2) is 12.3 Å². The Hall–Kier alpha value is -1.36. The van der Waals surface area contributed by atoms with Gasteiger partial charge >= 0.3 is 0 Å². The van der Waals surface area contributed by atoms with Gasteiger partial charge in [0.2, 0.25) is 5.91 Å². The van der Waals surface area contributed by atoms with E-state index in [4.69, 9.17) is 5.73 Å². The summed E-state index contributed by atoms with van der Waals surface area (Å²) in [7, 11) is 0. The number of piperidine rings is 1. The van der Waals surface area contributed by atoms with Gasteiger partial charge in [0, 0.05) is 17.2 Å². The molecule has 5 heteroatoms. The number of carbonyl (C=O) groups is 1. The van der Waals surface area contributed by atoms with Crippen LogP contribution in [0.25, 0.3) is 0 Å². The van der Waals surface area contributed by atoms with Gasteiger partial charge in [-0.1, -0.05) is 20.8 Å². The maximum atomic E-state index is 11.2. The molecule has 0 bridgehead atoms. The van der Waals surface area contributed by atoms with Crippen molar-refractivity contribution in [3.8, 4) is 0 Å². The molecule has 19 heavy (non-hydrogen) atoms. The first-order valence-electron chi connectivity index (χ1n) is 6.91. The predicted molar refractivity (Wildman–Crippen MR) is 72.5 cm³/mol. The third-order valence-corrected chi connectivity index (χ3v) is 4.41. The number of hydrogen-bond acceptors (Lipinski definition) is 3. The van der Waals surface area contributed by atoms with Crippen molar-refractivity contribution in [1.29, 1.82) is 0 Å². The van der Waals surface area contributed by atoms with E-state index in [1.54, 1.807) is 0 Å². The molecule has 1 aliphatic carbocycles. The second-order valence-corrected chi connectivity index (χ2v) is 7.04. The van der Waals surface area contributed by atoms with E-state index in [9.17, 15) is 4.79 Å². The zero-order valence-corrected chi connectivity index (χ0v) is 11.8. The summed E-state index contributed by atoms with van der Waals surface area (Å²) in [5.41, 5.74) is 6.60. The number of nitrogens with one attached hydrogen (secondary N) is 1. The van der Waals surface area contributed by atoms with Crippen molar-refractivity contribution in [3.63, 3.8) is 0 Å². The molecule has 2 aliphatic rings. The van der Waals surface area contributed by atoms with Crippen LogP contribution in [0.2, 0.25) is 0 Å². The van der Waals surface area contributed by atoms with E-state index in [1.165, 1.54) is 0 Å². The average molecular weight is 262 g/mol. The Labute approximate surface area is 113 Å². The molecule has 5 nitrogen and oxygen atoms in total. The van der Waals surface area contributed by atoms with Crippen LogP contribution in [0, 0.1) is 5.92 Å². The normalized spacial score (nSPS) is 33.2. The molecule has 1 saturated heterocycles. The predicted octanol–water partition coefficient (Wildman–Crippen LogP) is 0.786. The number of rotatable bonds is 3. The minimum Gasteiger partial charge on any atom is -0.368 e. The van der Waals surface area contributed by atoms with Crippen molar-refractivity contribution in [3.05, 3.63) is 18.0 Å². The Morgan fingerprint density at radius 1 is 1.63 bits per heavy atom. The maximum absolute atomic E-state index is 11.2. The summed E-state index contributed by atoms with van der Waals surface area (Å²) in [6.45, 7) is 7.32. The van der Waals surface area contributed by atoms with E-state index in [0.29, 0.717) is 5.92 Å². The lowest BCUT2D eigenvalue weighted by Gasteiger charge is -2.18. The van der Waals surface area contributed by atoms with E-state index >= 15 is 0 Å². The number of hydrogen-bond donors (Lipinski definition) is 2. The van der Waals surface area contributed by atoms with Crippen molar-refractivity contribution in [2.45, 2.75) is 57.2 Å². The van der Waals surface area contributed by atoms with Crippen molar-refractivity contribution in [1.82, 2.24) is 15.1 Å². The molecule has 1 saturated carbocycles. The van der Waals surface area contributed by atoms with Gasteiger partial charge in [0.15, 0.2) is 0 Å². The van der Waals surface area contributed by atoms with Crippen molar-refractivity contribution in [2.75, 3.05) is 0 Å². The second-order valence-electron chi connectivity index (χ2n) is 7.04. The van der Waals surface area contributed by atoms with E-state index < -0.39 is 0 Å². The molecule has 2 fully saturated rings. The van der Waals surface area contributed by atoms with Gasteiger partial charge in [-0.05, 0) is 24.8 Å². The van der Waals surface area contributed by atoms with Gasteiger partial charge in [-0.2, -0.15) is 5.10 Å². The van der Waals surface area contributed by atoms with Gasteiger partial charge in [0.1, 0.15) is 0 Å². The number of nitrogens with zero attached hydrogens (tertiary/aromatic N) is 2. The number of amides is 1. The largest absolute Gasteiger partial charge is 0.368 e. The highest BCUT2D eigenvalue weighted by atomic mass is 16.1. The lowest BCUT2D eigenvalue weighted by atomic mass is 9.93. The number of aromatic nitrogens is 2. The molecule has 1 amide bonds. The quantitative estimate of drug-likeness (QED) is 0.845. The molecule has 0 spiro atoms. The minimum atomic E-state index is -0.234. The molecule has 1 aromatic rings. The molecule has 1 aliphatic heterocycles. The third-order valence-electron chi connectivity index (χ3n) is 4.41. The summed E-state index contributed by atoms with van der Waals surface area (Å²) in [4.78, 5) is 11.2.